The van der Waals surface area contributed by atoms with Crippen LogP contribution in [-0.4, -0.2) is 51.3 Å². The fourth-order valence-corrected chi connectivity index (χ4v) is 2.76. The molecule has 3 rings (SSSR count). The minimum absolute atomic E-state index is 0.339. The summed E-state index contributed by atoms with van der Waals surface area (Å²) in [7, 11) is 0. The quantitative estimate of drug-likeness (QED) is 0.557. The SMILES string of the molecule is CCN(CC)CCNCc1ccc(Oc2nnnn2-c2ccccc2)cc1. The number of rotatable bonds is 10. The van der Waals surface area contributed by atoms with E-state index in [1.54, 1.807) is 4.68 Å². The molecular formula is C20H26N6O. The highest BCUT2D eigenvalue weighted by Gasteiger charge is 2.10. The van der Waals surface area contributed by atoms with Gasteiger partial charge in [0.1, 0.15) is 5.75 Å². The van der Waals surface area contributed by atoms with E-state index in [1.807, 2.05) is 42.5 Å². The van der Waals surface area contributed by atoms with Crippen LogP contribution in [0.1, 0.15) is 19.4 Å². The number of aromatic nitrogens is 4. The number of tetrazole rings is 1. The maximum atomic E-state index is 5.84. The molecule has 7 heteroatoms. The summed E-state index contributed by atoms with van der Waals surface area (Å²) < 4.78 is 7.42. The van der Waals surface area contributed by atoms with E-state index in [1.165, 1.54) is 5.56 Å². The van der Waals surface area contributed by atoms with E-state index in [0.29, 0.717) is 11.8 Å². The minimum Gasteiger partial charge on any atom is -0.423 e. The highest BCUT2D eigenvalue weighted by atomic mass is 16.5. The van der Waals surface area contributed by atoms with Crippen molar-refractivity contribution in [1.29, 1.82) is 0 Å². The molecule has 27 heavy (non-hydrogen) atoms. The van der Waals surface area contributed by atoms with Crippen LogP contribution in [0.4, 0.5) is 0 Å². The zero-order valence-corrected chi connectivity index (χ0v) is 15.9. The Kier molecular flexibility index (Phi) is 6.90. The summed E-state index contributed by atoms with van der Waals surface area (Å²) in [6, 6.07) is 18.0. The highest BCUT2D eigenvalue weighted by Crippen LogP contribution is 2.21. The molecule has 0 bridgehead atoms. The molecule has 0 unspecified atom stereocenters. The van der Waals surface area contributed by atoms with Gasteiger partial charge in [-0.2, -0.15) is 4.68 Å². The number of hydrogen-bond acceptors (Lipinski definition) is 6. The predicted molar refractivity (Wildman–Crippen MR) is 105 cm³/mol. The lowest BCUT2D eigenvalue weighted by molar-refractivity contribution is 0.302. The average Bonchev–Trinajstić information content (AvgIpc) is 3.18. The van der Waals surface area contributed by atoms with Gasteiger partial charge in [-0.1, -0.05) is 49.3 Å². The molecule has 0 saturated carbocycles. The lowest BCUT2D eigenvalue weighted by atomic mass is 10.2. The average molecular weight is 366 g/mol. The second-order valence-corrected chi connectivity index (χ2v) is 6.16. The Morgan fingerprint density at radius 2 is 1.74 bits per heavy atom. The molecule has 0 atom stereocenters. The Balaban J connectivity index is 1.54. The first-order valence-electron chi connectivity index (χ1n) is 9.33. The Hall–Kier alpha value is -2.77. The molecular weight excluding hydrogens is 340 g/mol. The van der Waals surface area contributed by atoms with Gasteiger partial charge >= 0.3 is 6.01 Å². The summed E-state index contributed by atoms with van der Waals surface area (Å²) in [5.41, 5.74) is 2.07. The number of nitrogens with one attached hydrogen (secondary N) is 1. The third kappa shape index (κ3) is 5.35. The number of ether oxygens (including phenoxy) is 1. The van der Waals surface area contributed by atoms with Crippen LogP contribution in [-0.2, 0) is 6.54 Å². The Morgan fingerprint density at radius 1 is 1.00 bits per heavy atom. The molecule has 1 N–H and O–H groups in total. The van der Waals surface area contributed by atoms with Crippen molar-refractivity contribution in [2.75, 3.05) is 26.2 Å². The third-order valence-electron chi connectivity index (χ3n) is 4.40. The van der Waals surface area contributed by atoms with Gasteiger partial charge in [0.15, 0.2) is 0 Å². The second-order valence-electron chi connectivity index (χ2n) is 6.16. The van der Waals surface area contributed by atoms with E-state index < -0.39 is 0 Å². The number of nitrogens with zero attached hydrogens (tertiary/aromatic N) is 5. The Bertz CT molecular complexity index is 799. The van der Waals surface area contributed by atoms with E-state index >= 15 is 0 Å². The molecule has 0 aliphatic carbocycles. The summed E-state index contributed by atoms with van der Waals surface area (Å²) in [5, 5.41) is 15.2. The molecule has 0 aliphatic rings. The normalized spacial score (nSPS) is 11.1. The first-order valence-corrected chi connectivity index (χ1v) is 9.33. The molecule has 1 aromatic heterocycles. The van der Waals surface area contributed by atoms with E-state index in [0.717, 1.165) is 38.4 Å². The van der Waals surface area contributed by atoms with E-state index in [-0.39, 0.29) is 0 Å². The number of hydrogen-bond donors (Lipinski definition) is 1. The van der Waals surface area contributed by atoms with E-state index in [2.05, 4.69) is 51.7 Å². The largest absolute Gasteiger partial charge is 0.423 e. The number of benzene rings is 2. The van der Waals surface area contributed by atoms with Gasteiger partial charge in [-0.05, 0) is 53.3 Å². The van der Waals surface area contributed by atoms with Crippen LogP contribution in [0.3, 0.4) is 0 Å². The van der Waals surface area contributed by atoms with Crippen LogP contribution in [0.25, 0.3) is 5.69 Å². The molecule has 0 aliphatic heterocycles. The van der Waals surface area contributed by atoms with Crippen molar-refractivity contribution >= 4 is 0 Å². The third-order valence-corrected chi connectivity index (χ3v) is 4.40. The van der Waals surface area contributed by atoms with Gasteiger partial charge in [0, 0.05) is 19.6 Å². The molecule has 0 radical (unpaired) electrons. The summed E-state index contributed by atoms with van der Waals surface area (Å²) in [6.45, 7) is 9.44. The minimum atomic E-state index is 0.339. The molecule has 2 aromatic carbocycles. The lowest BCUT2D eigenvalue weighted by Crippen LogP contribution is -2.31. The van der Waals surface area contributed by atoms with Gasteiger partial charge in [0.25, 0.3) is 0 Å². The maximum absolute atomic E-state index is 5.84. The molecule has 3 aromatic rings. The van der Waals surface area contributed by atoms with Crippen molar-refractivity contribution in [2.24, 2.45) is 0 Å². The van der Waals surface area contributed by atoms with Gasteiger partial charge in [0.2, 0.25) is 0 Å². The number of para-hydroxylation sites is 1. The van der Waals surface area contributed by atoms with Crippen LogP contribution >= 0.6 is 0 Å². The first kappa shape index (κ1) is 19.0. The Morgan fingerprint density at radius 3 is 2.44 bits per heavy atom. The Labute approximate surface area is 160 Å². The van der Waals surface area contributed by atoms with Crippen LogP contribution in [0.2, 0.25) is 0 Å². The maximum Gasteiger partial charge on any atom is 0.345 e. The zero-order chi connectivity index (χ0) is 18.9. The van der Waals surface area contributed by atoms with Gasteiger partial charge < -0.3 is 15.0 Å². The topological polar surface area (TPSA) is 68.1 Å². The molecule has 142 valence electrons. The predicted octanol–water partition coefficient (Wildman–Crippen LogP) is 2.89. The van der Waals surface area contributed by atoms with Crippen molar-refractivity contribution in [3.8, 4) is 17.4 Å². The van der Waals surface area contributed by atoms with Crippen molar-refractivity contribution in [3.63, 3.8) is 0 Å². The molecule has 0 saturated heterocycles. The highest BCUT2D eigenvalue weighted by molar-refractivity contribution is 5.34. The van der Waals surface area contributed by atoms with Crippen molar-refractivity contribution in [2.45, 2.75) is 20.4 Å². The first-order chi connectivity index (χ1) is 13.3. The van der Waals surface area contributed by atoms with Crippen LogP contribution in [0.15, 0.2) is 54.6 Å². The molecule has 0 amide bonds. The van der Waals surface area contributed by atoms with Crippen molar-refractivity contribution in [3.05, 3.63) is 60.2 Å². The summed E-state index contributed by atoms with van der Waals surface area (Å²) in [4.78, 5) is 2.40. The fraction of sp³-hybridized carbons (Fsp3) is 0.350. The lowest BCUT2D eigenvalue weighted by Gasteiger charge is -2.18. The van der Waals surface area contributed by atoms with E-state index in [9.17, 15) is 0 Å². The summed E-state index contributed by atoms with van der Waals surface area (Å²) in [5.74, 6) is 0.703. The second kappa shape index (κ2) is 9.80. The van der Waals surface area contributed by atoms with Crippen molar-refractivity contribution < 1.29 is 4.74 Å². The number of likely N-dealkylation sites (N-methyl/N-ethyl adjacent to an activating group) is 1. The van der Waals surface area contributed by atoms with Gasteiger partial charge in [-0.25, -0.2) is 0 Å². The van der Waals surface area contributed by atoms with Gasteiger partial charge in [-0.15, -0.1) is 0 Å². The molecule has 0 spiro atoms. The van der Waals surface area contributed by atoms with Gasteiger partial charge in [0.05, 0.1) is 5.69 Å². The van der Waals surface area contributed by atoms with Gasteiger partial charge in [-0.3, -0.25) is 0 Å². The summed E-state index contributed by atoms with van der Waals surface area (Å²) in [6.07, 6.45) is 0. The smallest absolute Gasteiger partial charge is 0.345 e. The summed E-state index contributed by atoms with van der Waals surface area (Å²) >= 11 is 0. The standard InChI is InChI=1S/C20H26N6O/c1-3-25(4-2)15-14-21-16-17-10-12-19(13-11-17)27-20-22-23-24-26(20)18-8-6-5-7-9-18/h5-13,21H,3-4,14-16H2,1-2H3. The fourth-order valence-electron chi connectivity index (χ4n) is 2.76. The monoisotopic (exact) mass is 366 g/mol. The molecule has 7 nitrogen and oxygen atoms in total. The van der Waals surface area contributed by atoms with Crippen molar-refractivity contribution in [1.82, 2.24) is 30.4 Å². The molecule has 1 heterocycles. The van der Waals surface area contributed by atoms with E-state index in [4.69, 9.17) is 4.74 Å². The van der Waals surface area contributed by atoms with Crippen LogP contribution < -0.4 is 10.1 Å². The molecule has 0 fully saturated rings. The van der Waals surface area contributed by atoms with Crippen LogP contribution in [0.5, 0.6) is 11.8 Å². The zero-order valence-electron chi connectivity index (χ0n) is 15.9. The van der Waals surface area contributed by atoms with Crippen LogP contribution in [0, 0.1) is 0 Å².